The summed E-state index contributed by atoms with van der Waals surface area (Å²) < 4.78 is 5.52. The van der Waals surface area contributed by atoms with E-state index in [1.165, 1.54) is 18.2 Å². The molecule has 0 heterocycles. The first-order chi connectivity index (χ1) is 11.4. The van der Waals surface area contributed by atoms with E-state index >= 15 is 0 Å². The summed E-state index contributed by atoms with van der Waals surface area (Å²) in [4.78, 5) is 22.9. The van der Waals surface area contributed by atoms with Crippen LogP contribution in [0.25, 0.3) is 0 Å². The van der Waals surface area contributed by atoms with Gasteiger partial charge in [-0.15, -0.1) is 0 Å². The zero-order valence-electron chi connectivity index (χ0n) is 12.8. The fraction of sp³-hybridized carbons (Fsp3) is 0.176. The van der Waals surface area contributed by atoms with Gasteiger partial charge in [-0.1, -0.05) is 35.3 Å². The van der Waals surface area contributed by atoms with E-state index < -0.39 is 12.1 Å². The minimum absolute atomic E-state index is 0.194. The normalized spacial score (nSPS) is 11.6. The van der Waals surface area contributed by atoms with Crippen LogP contribution in [0.1, 0.15) is 22.8 Å². The fourth-order valence-corrected chi connectivity index (χ4v) is 2.37. The number of carbonyl (C=O) groups is 2. The highest BCUT2D eigenvalue weighted by Crippen LogP contribution is 2.28. The molecule has 0 saturated heterocycles. The van der Waals surface area contributed by atoms with E-state index in [1.807, 2.05) is 0 Å². The molecule has 24 heavy (non-hydrogen) atoms. The van der Waals surface area contributed by atoms with Crippen LogP contribution >= 0.6 is 23.2 Å². The Morgan fingerprint density at radius 3 is 2.42 bits per heavy atom. The molecule has 2 rings (SSSR count). The van der Waals surface area contributed by atoms with Crippen LogP contribution < -0.4 is 10.1 Å². The molecular formula is C17H15Cl2NO4. The number of carboxylic acids is 1. The van der Waals surface area contributed by atoms with E-state index in [1.54, 1.807) is 31.2 Å². The third kappa shape index (κ3) is 4.88. The molecule has 5 nitrogen and oxygen atoms in total. The lowest BCUT2D eigenvalue weighted by Crippen LogP contribution is -2.35. The molecule has 0 aliphatic carbocycles. The van der Waals surface area contributed by atoms with Crippen LogP contribution in [-0.4, -0.2) is 23.1 Å². The molecule has 0 radical (unpaired) electrons. The Labute approximate surface area is 149 Å². The molecule has 0 aromatic heterocycles. The van der Waals surface area contributed by atoms with Crippen molar-refractivity contribution in [3.8, 4) is 5.75 Å². The maximum absolute atomic E-state index is 12.1. The summed E-state index contributed by atoms with van der Waals surface area (Å²) in [5.74, 6) is -0.940. The van der Waals surface area contributed by atoms with Gasteiger partial charge < -0.3 is 15.2 Å². The highest BCUT2D eigenvalue weighted by molar-refractivity contribution is 6.35. The maximum atomic E-state index is 12.1. The second kappa shape index (κ2) is 8.04. The van der Waals surface area contributed by atoms with Crippen molar-refractivity contribution in [1.82, 2.24) is 5.32 Å². The molecule has 0 unspecified atom stereocenters. The smallest absolute Gasteiger partial charge is 0.335 e. The van der Waals surface area contributed by atoms with Crippen molar-refractivity contribution in [3.63, 3.8) is 0 Å². The van der Waals surface area contributed by atoms with Crippen LogP contribution in [0.5, 0.6) is 5.75 Å². The minimum atomic E-state index is -0.993. The third-order valence-electron chi connectivity index (χ3n) is 3.23. The average Bonchev–Trinajstić information content (AvgIpc) is 2.55. The Morgan fingerprint density at radius 2 is 1.83 bits per heavy atom. The summed E-state index contributed by atoms with van der Waals surface area (Å²) in [6.07, 6.45) is -0.748. The monoisotopic (exact) mass is 367 g/mol. The number of halogens is 2. The standard InChI is InChI=1S/C17H15Cl2NO4/c1-10(24-15-7-6-13(18)8-14(15)19)16(21)20-9-11-2-4-12(5-3-11)17(22)23/h2-8,10H,9H2,1H3,(H,20,21)(H,22,23)/t10-/m0/s1. The van der Waals surface area contributed by atoms with Gasteiger partial charge in [0.1, 0.15) is 5.75 Å². The van der Waals surface area contributed by atoms with Gasteiger partial charge in [0.15, 0.2) is 6.10 Å². The third-order valence-corrected chi connectivity index (χ3v) is 3.76. The van der Waals surface area contributed by atoms with Crippen LogP contribution in [0.3, 0.4) is 0 Å². The first-order valence-corrected chi connectivity index (χ1v) is 7.84. The van der Waals surface area contributed by atoms with Gasteiger partial charge in [-0.05, 0) is 42.8 Å². The first kappa shape index (κ1) is 18.1. The summed E-state index contributed by atoms with van der Waals surface area (Å²) >= 11 is 11.8. The van der Waals surface area contributed by atoms with Crippen LogP contribution in [-0.2, 0) is 11.3 Å². The predicted octanol–water partition coefficient (Wildman–Crippen LogP) is 3.78. The Morgan fingerprint density at radius 1 is 1.17 bits per heavy atom. The number of hydrogen-bond donors (Lipinski definition) is 2. The number of amides is 1. The van der Waals surface area contributed by atoms with Gasteiger partial charge in [0, 0.05) is 11.6 Å². The molecule has 0 aliphatic rings. The van der Waals surface area contributed by atoms with Gasteiger partial charge in [0.05, 0.1) is 10.6 Å². The van der Waals surface area contributed by atoms with Crippen LogP contribution in [0.2, 0.25) is 10.0 Å². The number of hydrogen-bond acceptors (Lipinski definition) is 3. The highest BCUT2D eigenvalue weighted by atomic mass is 35.5. The van der Waals surface area contributed by atoms with E-state index in [9.17, 15) is 9.59 Å². The fourth-order valence-electron chi connectivity index (χ4n) is 1.91. The number of carboxylic acid groups (broad SMARTS) is 1. The SMILES string of the molecule is C[C@H](Oc1ccc(Cl)cc1Cl)C(=O)NCc1ccc(C(=O)O)cc1. The van der Waals surface area contributed by atoms with Gasteiger partial charge in [-0.2, -0.15) is 0 Å². The zero-order chi connectivity index (χ0) is 17.7. The molecule has 0 saturated carbocycles. The molecule has 0 fully saturated rings. The molecule has 1 atom stereocenters. The van der Waals surface area contributed by atoms with Crippen molar-refractivity contribution in [2.75, 3.05) is 0 Å². The number of benzene rings is 2. The zero-order valence-corrected chi connectivity index (χ0v) is 14.3. The first-order valence-electron chi connectivity index (χ1n) is 7.08. The largest absolute Gasteiger partial charge is 0.479 e. The molecule has 1 amide bonds. The Hall–Kier alpha value is -2.24. The summed E-state index contributed by atoms with van der Waals surface area (Å²) in [5, 5.41) is 12.4. The summed E-state index contributed by atoms with van der Waals surface area (Å²) in [6, 6.07) is 11.0. The lowest BCUT2D eigenvalue weighted by atomic mass is 10.1. The summed E-state index contributed by atoms with van der Waals surface area (Å²) in [5.41, 5.74) is 0.976. The average molecular weight is 368 g/mol. The Kier molecular flexibility index (Phi) is 6.06. The molecule has 2 N–H and O–H groups in total. The van der Waals surface area contributed by atoms with Crippen molar-refractivity contribution in [1.29, 1.82) is 0 Å². The second-order valence-corrected chi connectivity index (χ2v) is 5.90. The lowest BCUT2D eigenvalue weighted by molar-refractivity contribution is -0.127. The Bertz CT molecular complexity index is 747. The van der Waals surface area contributed by atoms with Gasteiger partial charge in [-0.3, -0.25) is 4.79 Å². The molecule has 0 bridgehead atoms. The molecule has 126 valence electrons. The molecule has 2 aromatic carbocycles. The molecule has 2 aromatic rings. The van der Waals surface area contributed by atoms with E-state index in [0.717, 1.165) is 5.56 Å². The lowest BCUT2D eigenvalue weighted by Gasteiger charge is -2.16. The van der Waals surface area contributed by atoms with Crippen molar-refractivity contribution >= 4 is 35.1 Å². The van der Waals surface area contributed by atoms with Gasteiger partial charge in [0.2, 0.25) is 0 Å². The van der Waals surface area contributed by atoms with E-state index in [4.69, 9.17) is 33.0 Å². The maximum Gasteiger partial charge on any atom is 0.335 e. The number of ether oxygens (including phenoxy) is 1. The van der Waals surface area contributed by atoms with Crippen molar-refractivity contribution in [3.05, 3.63) is 63.6 Å². The predicted molar refractivity (Wildman–Crippen MR) is 91.8 cm³/mol. The topological polar surface area (TPSA) is 75.6 Å². The van der Waals surface area contributed by atoms with E-state index in [0.29, 0.717) is 15.8 Å². The van der Waals surface area contributed by atoms with E-state index in [2.05, 4.69) is 5.32 Å². The Balaban J connectivity index is 1.90. The van der Waals surface area contributed by atoms with Crippen molar-refractivity contribution in [2.45, 2.75) is 19.6 Å². The van der Waals surface area contributed by atoms with Crippen molar-refractivity contribution < 1.29 is 19.4 Å². The van der Waals surface area contributed by atoms with Crippen LogP contribution in [0, 0.1) is 0 Å². The van der Waals surface area contributed by atoms with Gasteiger partial charge in [0.25, 0.3) is 5.91 Å². The number of carbonyl (C=O) groups excluding carboxylic acids is 1. The quantitative estimate of drug-likeness (QED) is 0.814. The summed E-state index contributed by atoms with van der Waals surface area (Å²) in [7, 11) is 0. The van der Waals surface area contributed by atoms with Crippen LogP contribution in [0.15, 0.2) is 42.5 Å². The van der Waals surface area contributed by atoms with Gasteiger partial charge >= 0.3 is 5.97 Å². The second-order valence-electron chi connectivity index (χ2n) is 5.05. The number of nitrogens with one attached hydrogen (secondary N) is 1. The molecule has 0 spiro atoms. The minimum Gasteiger partial charge on any atom is -0.479 e. The molecule has 7 heteroatoms. The number of rotatable bonds is 6. The summed E-state index contributed by atoms with van der Waals surface area (Å²) in [6.45, 7) is 1.87. The molecular weight excluding hydrogens is 353 g/mol. The van der Waals surface area contributed by atoms with Crippen molar-refractivity contribution in [2.24, 2.45) is 0 Å². The number of aromatic carboxylic acids is 1. The van der Waals surface area contributed by atoms with Gasteiger partial charge in [-0.25, -0.2) is 4.79 Å². The molecule has 0 aliphatic heterocycles. The van der Waals surface area contributed by atoms with E-state index in [-0.39, 0.29) is 18.0 Å². The van der Waals surface area contributed by atoms with Crippen LogP contribution in [0.4, 0.5) is 0 Å². The highest BCUT2D eigenvalue weighted by Gasteiger charge is 2.16.